The Bertz CT molecular complexity index is 1090. The van der Waals surface area contributed by atoms with E-state index in [1.54, 1.807) is 17.4 Å². The monoisotopic (exact) mass is 469 g/mol. The fraction of sp³-hybridized carbons (Fsp3) is 0.333. The molecule has 0 saturated carbocycles. The maximum Gasteiger partial charge on any atom is 0.269 e. The van der Waals surface area contributed by atoms with Crippen LogP contribution in [0.3, 0.4) is 0 Å². The second-order valence-electron chi connectivity index (χ2n) is 8.28. The molecule has 0 amide bonds. The van der Waals surface area contributed by atoms with Crippen LogP contribution in [0.15, 0.2) is 52.3 Å². The van der Waals surface area contributed by atoms with Crippen molar-refractivity contribution in [3.05, 3.63) is 73.6 Å². The molecule has 3 aromatic rings. The number of non-ortho nitro benzene ring substituents is 1. The van der Waals surface area contributed by atoms with Crippen LogP contribution in [0, 0.1) is 16.0 Å². The lowest BCUT2D eigenvalue weighted by molar-refractivity contribution is -0.384. The number of nitro benzene ring substituents is 1. The quantitative estimate of drug-likeness (QED) is 0.269. The molecule has 0 aliphatic heterocycles. The van der Waals surface area contributed by atoms with Crippen molar-refractivity contribution in [1.29, 1.82) is 0 Å². The van der Waals surface area contributed by atoms with Crippen LogP contribution >= 0.6 is 27.3 Å². The first-order chi connectivity index (χ1) is 13.9. The lowest BCUT2D eigenvalue weighted by Gasteiger charge is -2.34. The molecule has 1 heterocycles. The number of halogens is 1. The van der Waals surface area contributed by atoms with Gasteiger partial charge in [0.1, 0.15) is 0 Å². The minimum absolute atomic E-state index is 0.176. The summed E-state index contributed by atoms with van der Waals surface area (Å²) >= 11 is 5.30. The standard InChI is InChI=1S/C24H24BrNO2S/c1-4-11-24(14-15(2)3)20-12-16(22-9-10-23(25)29-22)5-7-18(20)19-8-6-17(26(27)28)13-21(19)24/h5-10,12-13,15H,4,11,14H2,1-3H3. The maximum absolute atomic E-state index is 11.5. The lowest BCUT2D eigenvalue weighted by Crippen LogP contribution is -2.27. The van der Waals surface area contributed by atoms with E-state index in [2.05, 4.69) is 67.0 Å². The van der Waals surface area contributed by atoms with Gasteiger partial charge in [0.05, 0.1) is 8.71 Å². The van der Waals surface area contributed by atoms with Gasteiger partial charge in [-0.1, -0.05) is 39.3 Å². The Kier molecular flexibility index (Phi) is 5.38. The number of nitrogens with zero attached hydrogens (tertiary/aromatic N) is 1. The summed E-state index contributed by atoms with van der Waals surface area (Å²) in [6.07, 6.45) is 3.01. The highest BCUT2D eigenvalue weighted by Crippen LogP contribution is 2.56. The first kappa shape index (κ1) is 20.3. The van der Waals surface area contributed by atoms with Crippen molar-refractivity contribution >= 4 is 33.0 Å². The van der Waals surface area contributed by atoms with Crippen molar-refractivity contribution in [2.45, 2.75) is 45.4 Å². The van der Waals surface area contributed by atoms with Crippen LogP contribution in [-0.4, -0.2) is 4.92 Å². The number of hydrogen-bond acceptors (Lipinski definition) is 3. The zero-order chi connectivity index (χ0) is 20.8. The van der Waals surface area contributed by atoms with Gasteiger partial charge in [-0.25, -0.2) is 0 Å². The Morgan fingerprint density at radius 1 is 1.07 bits per heavy atom. The first-order valence-corrected chi connectivity index (χ1v) is 11.7. The lowest BCUT2D eigenvalue weighted by atomic mass is 9.69. The third-order valence-electron chi connectivity index (χ3n) is 5.85. The molecule has 0 radical (unpaired) electrons. The van der Waals surface area contributed by atoms with Gasteiger partial charge in [0.2, 0.25) is 0 Å². The van der Waals surface area contributed by atoms with Gasteiger partial charge in [-0.05, 0) is 86.8 Å². The first-order valence-electron chi connectivity index (χ1n) is 10.0. The van der Waals surface area contributed by atoms with Crippen LogP contribution in [-0.2, 0) is 5.41 Å². The fourth-order valence-electron chi connectivity index (χ4n) is 4.93. The van der Waals surface area contributed by atoms with E-state index in [9.17, 15) is 10.1 Å². The van der Waals surface area contributed by atoms with E-state index in [1.165, 1.54) is 21.6 Å². The molecule has 1 aliphatic rings. The van der Waals surface area contributed by atoms with Gasteiger partial charge in [-0.2, -0.15) is 0 Å². The third-order valence-corrected chi connectivity index (χ3v) is 7.52. The highest BCUT2D eigenvalue weighted by atomic mass is 79.9. The van der Waals surface area contributed by atoms with Crippen molar-refractivity contribution in [1.82, 2.24) is 0 Å². The molecule has 4 rings (SSSR count). The van der Waals surface area contributed by atoms with E-state index in [4.69, 9.17) is 0 Å². The summed E-state index contributed by atoms with van der Waals surface area (Å²) in [4.78, 5) is 12.5. The highest BCUT2D eigenvalue weighted by Gasteiger charge is 2.43. The minimum Gasteiger partial charge on any atom is -0.258 e. The van der Waals surface area contributed by atoms with Crippen LogP contribution in [0.2, 0.25) is 0 Å². The predicted molar refractivity (Wildman–Crippen MR) is 125 cm³/mol. The average Bonchev–Trinajstić information content (AvgIpc) is 3.22. The zero-order valence-electron chi connectivity index (χ0n) is 16.9. The van der Waals surface area contributed by atoms with E-state index >= 15 is 0 Å². The van der Waals surface area contributed by atoms with Crippen molar-refractivity contribution in [2.75, 3.05) is 0 Å². The van der Waals surface area contributed by atoms with Gasteiger partial charge in [0.15, 0.2) is 0 Å². The largest absolute Gasteiger partial charge is 0.269 e. The zero-order valence-corrected chi connectivity index (χ0v) is 19.3. The predicted octanol–water partition coefficient (Wildman–Crippen LogP) is 8.20. The van der Waals surface area contributed by atoms with Crippen molar-refractivity contribution in [3.8, 4) is 21.6 Å². The molecule has 0 fully saturated rings. The molecule has 1 unspecified atom stereocenters. The van der Waals surface area contributed by atoms with Gasteiger partial charge in [-0.3, -0.25) is 10.1 Å². The summed E-state index contributed by atoms with van der Waals surface area (Å²) in [6, 6.07) is 16.4. The van der Waals surface area contributed by atoms with Crippen molar-refractivity contribution in [2.24, 2.45) is 5.92 Å². The molecule has 2 aromatic carbocycles. The molecule has 0 bridgehead atoms. The Morgan fingerprint density at radius 3 is 2.34 bits per heavy atom. The Labute approximate surface area is 184 Å². The summed E-state index contributed by atoms with van der Waals surface area (Å²) in [5.41, 5.74) is 6.05. The molecule has 3 nitrogen and oxygen atoms in total. The summed E-state index contributed by atoms with van der Waals surface area (Å²) in [5.74, 6) is 0.485. The van der Waals surface area contributed by atoms with Crippen LogP contribution in [0.25, 0.3) is 21.6 Å². The molecular formula is C24H24BrNO2S. The summed E-state index contributed by atoms with van der Waals surface area (Å²) in [6.45, 7) is 6.69. The highest BCUT2D eigenvalue weighted by molar-refractivity contribution is 9.11. The molecule has 0 saturated heterocycles. The third kappa shape index (κ3) is 3.44. The molecule has 1 aromatic heterocycles. The van der Waals surface area contributed by atoms with E-state index in [1.807, 2.05) is 12.1 Å². The minimum atomic E-state index is -0.274. The van der Waals surface area contributed by atoms with E-state index < -0.39 is 0 Å². The molecule has 29 heavy (non-hydrogen) atoms. The molecule has 5 heteroatoms. The van der Waals surface area contributed by atoms with Gasteiger partial charge in [0, 0.05) is 22.4 Å². The molecule has 1 atom stereocenters. The normalized spacial score (nSPS) is 17.4. The Morgan fingerprint density at radius 2 is 1.76 bits per heavy atom. The van der Waals surface area contributed by atoms with Crippen LogP contribution in [0.4, 0.5) is 5.69 Å². The fourth-order valence-corrected chi connectivity index (χ4v) is 6.32. The SMILES string of the molecule is CCCC1(CC(C)C)c2cc(-c3ccc(Br)s3)ccc2-c2ccc([N+](=O)[O-])cc21. The Hall–Kier alpha value is -1.98. The Balaban J connectivity index is 1.97. The average molecular weight is 470 g/mol. The van der Waals surface area contributed by atoms with E-state index in [-0.39, 0.29) is 16.0 Å². The van der Waals surface area contributed by atoms with Gasteiger partial charge in [0.25, 0.3) is 5.69 Å². The van der Waals surface area contributed by atoms with Gasteiger partial charge < -0.3 is 0 Å². The number of rotatable bonds is 6. The molecule has 0 N–H and O–H groups in total. The summed E-state index contributed by atoms with van der Waals surface area (Å²) < 4.78 is 1.12. The topological polar surface area (TPSA) is 43.1 Å². The van der Waals surface area contributed by atoms with Crippen LogP contribution < -0.4 is 0 Å². The number of benzene rings is 2. The van der Waals surface area contributed by atoms with Gasteiger partial charge in [-0.15, -0.1) is 11.3 Å². The number of hydrogen-bond donors (Lipinski definition) is 0. The molecule has 1 aliphatic carbocycles. The van der Waals surface area contributed by atoms with Crippen LogP contribution in [0.5, 0.6) is 0 Å². The van der Waals surface area contributed by atoms with Crippen molar-refractivity contribution < 1.29 is 4.92 Å². The molecule has 0 spiro atoms. The van der Waals surface area contributed by atoms with Crippen LogP contribution in [0.1, 0.15) is 51.2 Å². The number of fused-ring (bicyclic) bond motifs is 3. The summed E-state index contributed by atoms with van der Waals surface area (Å²) in [5, 5.41) is 11.5. The number of thiophene rings is 1. The smallest absolute Gasteiger partial charge is 0.258 e. The summed E-state index contributed by atoms with van der Waals surface area (Å²) in [7, 11) is 0. The van der Waals surface area contributed by atoms with Gasteiger partial charge >= 0.3 is 0 Å². The molecular weight excluding hydrogens is 446 g/mol. The second kappa shape index (κ2) is 7.69. The van der Waals surface area contributed by atoms with E-state index in [0.717, 1.165) is 34.2 Å². The van der Waals surface area contributed by atoms with E-state index in [0.29, 0.717) is 5.92 Å². The number of nitro groups is 1. The molecule has 150 valence electrons. The second-order valence-corrected chi connectivity index (χ2v) is 10.7. The maximum atomic E-state index is 11.5. The van der Waals surface area contributed by atoms with Crippen molar-refractivity contribution in [3.63, 3.8) is 0 Å².